The number of aliphatic hydroxyl groups is 5. The first kappa shape index (κ1) is 58.9. The van der Waals surface area contributed by atoms with Crippen molar-refractivity contribution in [2.75, 3.05) is 13.2 Å². The van der Waals surface area contributed by atoms with Gasteiger partial charge in [0.2, 0.25) is 0 Å². The minimum atomic E-state index is -5.11. The molecule has 0 aromatic heterocycles. The Bertz CT molecular complexity index is 1100. The quantitative estimate of drug-likeness (QED) is 0.0191. The minimum Gasteiger partial charge on any atom is -0.462 e. The average Bonchev–Trinajstić information content (AvgIpc) is 3.25. The van der Waals surface area contributed by atoms with E-state index in [2.05, 4.69) is 13.8 Å². The Hall–Kier alpha value is -1.15. The first-order valence-electron chi connectivity index (χ1n) is 25.3. The van der Waals surface area contributed by atoms with Crippen LogP contribution in [0.1, 0.15) is 239 Å². The van der Waals surface area contributed by atoms with Crippen LogP contribution in [0.5, 0.6) is 0 Å². The zero-order chi connectivity index (χ0) is 45.7. The average molecular weight is 909 g/mol. The van der Waals surface area contributed by atoms with E-state index in [1.54, 1.807) is 0 Å². The molecule has 0 bridgehead atoms. The van der Waals surface area contributed by atoms with Crippen molar-refractivity contribution in [1.29, 1.82) is 0 Å². The van der Waals surface area contributed by atoms with E-state index in [0.717, 1.165) is 38.5 Å². The number of aliphatic hydroxyl groups excluding tert-OH is 5. The van der Waals surface area contributed by atoms with Crippen LogP contribution in [0.25, 0.3) is 0 Å². The first-order valence-corrected chi connectivity index (χ1v) is 26.8. The third kappa shape index (κ3) is 30.9. The van der Waals surface area contributed by atoms with Crippen LogP contribution in [0.2, 0.25) is 0 Å². The Balaban J connectivity index is 2.39. The van der Waals surface area contributed by atoms with Gasteiger partial charge in [-0.25, -0.2) is 4.57 Å². The number of carbonyl (C=O) groups is 2. The molecule has 1 rings (SSSR count). The van der Waals surface area contributed by atoms with E-state index in [-0.39, 0.29) is 12.8 Å². The number of carbonyl (C=O) groups excluding carboxylic acids is 2. The number of unbranched alkanes of at least 4 members (excludes halogenated alkanes) is 31. The van der Waals surface area contributed by atoms with Crippen LogP contribution < -0.4 is 0 Å². The molecule has 1 aliphatic rings. The lowest BCUT2D eigenvalue weighted by Gasteiger charge is -2.41. The van der Waals surface area contributed by atoms with Gasteiger partial charge in [0, 0.05) is 12.8 Å². The lowest BCUT2D eigenvalue weighted by Crippen LogP contribution is -2.64. The van der Waals surface area contributed by atoms with E-state index < -0.39 is 75.7 Å². The van der Waals surface area contributed by atoms with Crippen molar-refractivity contribution in [3.63, 3.8) is 0 Å². The maximum atomic E-state index is 12.8. The molecule has 0 aromatic carbocycles. The predicted octanol–water partition coefficient (Wildman–Crippen LogP) is 10.5. The summed E-state index contributed by atoms with van der Waals surface area (Å²) in [6, 6.07) is 0. The van der Waals surface area contributed by atoms with Crippen molar-refractivity contribution in [2.24, 2.45) is 0 Å². The van der Waals surface area contributed by atoms with Gasteiger partial charge in [0.05, 0.1) is 6.61 Å². The Morgan fingerprint density at radius 2 is 0.726 bits per heavy atom. The van der Waals surface area contributed by atoms with Crippen molar-refractivity contribution in [3.05, 3.63) is 0 Å². The van der Waals surface area contributed by atoms with E-state index in [9.17, 15) is 44.6 Å². The Kier molecular flexibility index (Phi) is 37.1. The van der Waals surface area contributed by atoms with Gasteiger partial charge in [-0.05, 0) is 12.8 Å². The van der Waals surface area contributed by atoms with Gasteiger partial charge in [0.15, 0.2) is 6.10 Å². The topological polar surface area (TPSA) is 210 Å². The summed E-state index contributed by atoms with van der Waals surface area (Å²) in [5, 5.41) is 50.2. The number of phosphoric ester groups is 1. The van der Waals surface area contributed by atoms with Crippen molar-refractivity contribution < 1.29 is 63.1 Å². The molecule has 1 fully saturated rings. The van der Waals surface area contributed by atoms with E-state index in [4.69, 9.17) is 18.5 Å². The number of rotatable bonds is 43. The van der Waals surface area contributed by atoms with Gasteiger partial charge >= 0.3 is 19.8 Å². The molecule has 0 spiro atoms. The number of phosphoric acid groups is 1. The van der Waals surface area contributed by atoms with Crippen LogP contribution in [-0.2, 0) is 32.7 Å². The van der Waals surface area contributed by atoms with Crippen LogP contribution in [0.4, 0.5) is 0 Å². The largest absolute Gasteiger partial charge is 0.472 e. The second kappa shape index (κ2) is 39.1. The standard InChI is InChI=1S/C48H93O13P/c1-3-5-7-9-11-13-15-17-19-20-21-23-25-27-29-31-33-35-37-42(50)60-40(39-59-62(56,57)61-48-46(54)44(52)43(51)45(53)47(48)55)38-58-41(49)36-34-32-30-28-26-24-22-18-16-14-12-10-8-6-4-2/h40,43-48,51-55H,3-39H2,1-2H3,(H,56,57)/t40-,43?,44-,45?,46?,47?,48?/m1/s1. The van der Waals surface area contributed by atoms with Crippen LogP contribution >= 0.6 is 7.82 Å². The molecule has 0 amide bonds. The molecule has 13 nitrogen and oxygen atoms in total. The summed E-state index contributed by atoms with van der Waals surface area (Å²) < 4.78 is 33.6. The molecule has 8 atom stereocenters. The molecule has 14 heteroatoms. The summed E-state index contributed by atoms with van der Waals surface area (Å²) in [7, 11) is -5.11. The summed E-state index contributed by atoms with van der Waals surface area (Å²) in [6.07, 6.45) is 27.2. The van der Waals surface area contributed by atoms with Crippen LogP contribution in [0.3, 0.4) is 0 Å². The summed E-state index contributed by atoms with van der Waals surface area (Å²) in [6.45, 7) is 3.34. The zero-order valence-electron chi connectivity index (χ0n) is 39.2. The van der Waals surface area contributed by atoms with Gasteiger partial charge in [-0.3, -0.25) is 18.6 Å². The van der Waals surface area contributed by atoms with Crippen molar-refractivity contribution in [2.45, 2.75) is 281 Å². The molecule has 6 N–H and O–H groups in total. The van der Waals surface area contributed by atoms with E-state index in [0.29, 0.717) is 12.8 Å². The molecular weight excluding hydrogens is 815 g/mol. The number of esters is 2. The van der Waals surface area contributed by atoms with Crippen molar-refractivity contribution in [1.82, 2.24) is 0 Å². The highest BCUT2D eigenvalue weighted by Gasteiger charge is 2.51. The maximum absolute atomic E-state index is 12.8. The molecule has 0 aromatic rings. The zero-order valence-corrected chi connectivity index (χ0v) is 40.1. The second-order valence-corrected chi connectivity index (χ2v) is 19.4. The maximum Gasteiger partial charge on any atom is 0.472 e. The summed E-state index contributed by atoms with van der Waals surface area (Å²) in [5.41, 5.74) is 0. The minimum absolute atomic E-state index is 0.105. The van der Waals surface area contributed by atoms with Crippen molar-refractivity contribution >= 4 is 19.8 Å². The Labute approximate surface area is 376 Å². The van der Waals surface area contributed by atoms with Crippen LogP contribution in [0.15, 0.2) is 0 Å². The smallest absolute Gasteiger partial charge is 0.462 e. The van der Waals surface area contributed by atoms with Gasteiger partial charge in [0.25, 0.3) is 0 Å². The Morgan fingerprint density at radius 1 is 0.435 bits per heavy atom. The van der Waals surface area contributed by atoms with Gasteiger partial charge in [-0.2, -0.15) is 0 Å². The SMILES string of the molecule is CCCCCCCCCCCCCCCCCCCCC(=O)O[C@H](COC(=O)CCCCCCCCCCCCCCCCC)COP(=O)(O)OC1C(O)C(O)C(O)[C@@H](O)C1O. The lowest BCUT2D eigenvalue weighted by atomic mass is 9.85. The fourth-order valence-electron chi connectivity index (χ4n) is 8.11. The summed E-state index contributed by atoms with van der Waals surface area (Å²) in [5.74, 6) is -1.08. The lowest BCUT2D eigenvalue weighted by molar-refractivity contribution is -0.220. The monoisotopic (exact) mass is 909 g/mol. The van der Waals surface area contributed by atoms with E-state index >= 15 is 0 Å². The molecule has 368 valence electrons. The number of hydrogen-bond donors (Lipinski definition) is 6. The molecule has 1 aliphatic carbocycles. The van der Waals surface area contributed by atoms with Gasteiger partial charge in [-0.1, -0.05) is 213 Å². The molecule has 6 unspecified atom stereocenters. The molecule has 0 aliphatic heterocycles. The first-order chi connectivity index (χ1) is 29.9. The highest BCUT2D eigenvalue weighted by Crippen LogP contribution is 2.47. The molecular formula is C48H93O13P. The highest BCUT2D eigenvalue weighted by atomic mass is 31.2. The summed E-state index contributed by atoms with van der Waals surface area (Å²) >= 11 is 0. The fraction of sp³-hybridized carbons (Fsp3) is 0.958. The second-order valence-electron chi connectivity index (χ2n) is 18.0. The highest BCUT2D eigenvalue weighted by molar-refractivity contribution is 7.47. The van der Waals surface area contributed by atoms with Gasteiger partial charge in [-0.15, -0.1) is 0 Å². The van der Waals surface area contributed by atoms with Crippen molar-refractivity contribution in [3.8, 4) is 0 Å². The van der Waals surface area contributed by atoms with Gasteiger partial charge < -0.3 is 39.9 Å². The molecule has 1 saturated carbocycles. The predicted molar refractivity (Wildman–Crippen MR) is 244 cm³/mol. The van der Waals surface area contributed by atoms with Crippen LogP contribution in [0, 0.1) is 0 Å². The van der Waals surface area contributed by atoms with Gasteiger partial charge in [0.1, 0.15) is 43.2 Å². The van der Waals surface area contributed by atoms with E-state index in [1.807, 2.05) is 0 Å². The third-order valence-corrected chi connectivity index (χ3v) is 13.2. The third-order valence-electron chi connectivity index (χ3n) is 12.2. The molecule has 62 heavy (non-hydrogen) atoms. The molecule has 0 saturated heterocycles. The van der Waals surface area contributed by atoms with E-state index in [1.165, 1.54) is 161 Å². The molecule has 0 heterocycles. The summed E-state index contributed by atoms with van der Waals surface area (Å²) in [4.78, 5) is 35.8. The fourth-order valence-corrected chi connectivity index (χ4v) is 9.09. The number of hydrogen-bond acceptors (Lipinski definition) is 12. The number of ether oxygens (including phenoxy) is 2. The van der Waals surface area contributed by atoms with Crippen LogP contribution in [-0.4, -0.2) is 98.3 Å². The normalized spacial score (nSPS) is 21.7. The Morgan fingerprint density at radius 3 is 1.06 bits per heavy atom. The molecule has 0 radical (unpaired) electrons.